The van der Waals surface area contributed by atoms with E-state index in [1.165, 1.54) is 27.8 Å². The molecular formula is C47H47BrCl4N2O2. The lowest BCUT2D eigenvalue weighted by molar-refractivity contribution is 0.233. The van der Waals surface area contributed by atoms with Crippen molar-refractivity contribution in [2.75, 3.05) is 53.5 Å². The van der Waals surface area contributed by atoms with Crippen molar-refractivity contribution < 1.29 is 9.47 Å². The van der Waals surface area contributed by atoms with Gasteiger partial charge in [-0.25, -0.2) is 0 Å². The smallest absolute Gasteiger partial charge is 0.119 e. The van der Waals surface area contributed by atoms with Gasteiger partial charge < -0.3 is 19.3 Å². The van der Waals surface area contributed by atoms with Crippen LogP contribution in [0.3, 0.4) is 0 Å². The summed E-state index contributed by atoms with van der Waals surface area (Å²) < 4.78 is 12.8. The van der Waals surface area contributed by atoms with Crippen LogP contribution in [-0.2, 0) is 0 Å². The van der Waals surface area contributed by atoms with Crippen LogP contribution in [0, 0.1) is 6.92 Å². The van der Waals surface area contributed by atoms with E-state index in [2.05, 4.69) is 107 Å². The zero-order chi connectivity index (χ0) is 39.9. The molecule has 0 heterocycles. The Morgan fingerprint density at radius 2 is 0.732 bits per heavy atom. The van der Waals surface area contributed by atoms with Crippen molar-refractivity contribution in [1.82, 2.24) is 9.80 Å². The Morgan fingerprint density at radius 1 is 0.446 bits per heavy atom. The van der Waals surface area contributed by atoms with Crippen molar-refractivity contribution in [1.29, 1.82) is 0 Å². The number of hydrogen-bond donors (Lipinski definition) is 0. The average Bonchev–Trinajstić information content (AvgIpc) is 3.19. The van der Waals surface area contributed by atoms with Crippen molar-refractivity contribution in [2.24, 2.45) is 0 Å². The Morgan fingerprint density at radius 3 is 1.04 bits per heavy atom. The highest BCUT2D eigenvalue weighted by Crippen LogP contribution is 2.29. The van der Waals surface area contributed by atoms with Crippen molar-refractivity contribution >= 4 is 62.3 Å². The molecule has 0 bridgehead atoms. The van der Waals surface area contributed by atoms with E-state index in [0.717, 1.165) is 62.2 Å². The fraction of sp³-hybridized carbons (Fsp3) is 0.234. The summed E-state index contributed by atoms with van der Waals surface area (Å²) in [5, 5.41) is 2.99. The molecule has 0 amide bonds. The number of aryl methyl sites for hydroxylation is 1. The Kier molecular flexibility index (Phi) is 17.5. The van der Waals surface area contributed by atoms with Gasteiger partial charge in [0.15, 0.2) is 0 Å². The van der Waals surface area contributed by atoms with Crippen molar-refractivity contribution in [3.05, 3.63) is 198 Å². The molecular weight excluding hydrogens is 846 g/mol. The number of likely N-dealkylation sites (N-methyl/N-ethyl adjacent to an activating group) is 2. The molecule has 0 aliphatic carbocycles. The van der Waals surface area contributed by atoms with E-state index in [0.29, 0.717) is 13.2 Å². The molecule has 6 aromatic rings. The minimum atomic E-state index is 0.229. The Labute approximate surface area is 361 Å². The monoisotopic (exact) mass is 890 g/mol. The molecule has 6 aromatic carbocycles. The predicted molar refractivity (Wildman–Crippen MR) is 241 cm³/mol. The number of rotatable bonds is 16. The van der Waals surface area contributed by atoms with Gasteiger partial charge in [-0.15, -0.1) is 0 Å². The lowest BCUT2D eigenvalue weighted by Crippen LogP contribution is -2.29. The standard InChI is InChI=1S/C24H25Cl2NO.C23H22BrCl2NO/c1-18-3-13-23(14-4-18)28-16-15-27(2)17-24(19-5-9-21(25)10-6-19)20-7-11-22(26)12-8-20;1-27(14-15-28-22-12-6-19(24)7-13-22)16-23(17-2-8-20(25)9-3-17)18-4-10-21(26)11-5-18/h3-14,24H,15-17H2,1-2H3;2-13,23H,14-16H2,1H3. The molecule has 4 nitrogen and oxygen atoms in total. The summed E-state index contributed by atoms with van der Waals surface area (Å²) >= 11 is 27.8. The van der Waals surface area contributed by atoms with Gasteiger partial charge in [0.2, 0.25) is 0 Å². The summed E-state index contributed by atoms with van der Waals surface area (Å²) in [7, 11) is 4.24. The van der Waals surface area contributed by atoms with Gasteiger partial charge in [-0.2, -0.15) is 0 Å². The molecule has 6 rings (SSSR count). The normalized spacial score (nSPS) is 11.2. The van der Waals surface area contributed by atoms with Crippen molar-refractivity contribution in [2.45, 2.75) is 18.8 Å². The number of halogens is 5. The lowest BCUT2D eigenvalue weighted by atomic mass is 9.91. The molecule has 0 aromatic heterocycles. The number of ether oxygens (including phenoxy) is 2. The molecule has 0 radical (unpaired) electrons. The third-order valence-electron chi connectivity index (χ3n) is 9.40. The second kappa shape index (κ2) is 22.4. The highest BCUT2D eigenvalue weighted by molar-refractivity contribution is 9.10. The van der Waals surface area contributed by atoms with Crippen LogP contribution in [0.4, 0.5) is 0 Å². The van der Waals surface area contributed by atoms with E-state index < -0.39 is 0 Å². The molecule has 9 heteroatoms. The second-order valence-corrected chi connectivity index (χ2v) is 16.5. The maximum atomic E-state index is 6.08. The highest BCUT2D eigenvalue weighted by atomic mass is 79.9. The average molecular weight is 894 g/mol. The van der Waals surface area contributed by atoms with Crippen LogP contribution < -0.4 is 9.47 Å². The van der Waals surface area contributed by atoms with Gasteiger partial charge in [0.25, 0.3) is 0 Å². The summed E-state index contributed by atoms with van der Waals surface area (Å²) in [6.45, 7) is 6.76. The van der Waals surface area contributed by atoms with E-state index in [4.69, 9.17) is 55.9 Å². The Bertz CT molecular complexity index is 1790. The topological polar surface area (TPSA) is 24.9 Å². The first kappa shape index (κ1) is 43.6. The van der Waals surface area contributed by atoms with Gasteiger partial charge in [-0.1, -0.05) is 129 Å². The minimum Gasteiger partial charge on any atom is -0.492 e. The maximum absolute atomic E-state index is 6.08. The third kappa shape index (κ3) is 14.5. The molecule has 292 valence electrons. The quantitative estimate of drug-likeness (QED) is 0.0966. The summed E-state index contributed by atoms with van der Waals surface area (Å²) in [5.41, 5.74) is 6.16. The van der Waals surface area contributed by atoms with E-state index in [1.54, 1.807) is 0 Å². The third-order valence-corrected chi connectivity index (χ3v) is 10.9. The van der Waals surface area contributed by atoms with Gasteiger partial charge in [-0.3, -0.25) is 0 Å². The molecule has 0 N–H and O–H groups in total. The number of hydrogen-bond acceptors (Lipinski definition) is 4. The van der Waals surface area contributed by atoms with Crippen LogP contribution in [0.15, 0.2) is 150 Å². The van der Waals surface area contributed by atoms with Gasteiger partial charge in [0.05, 0.1) is 0 Å². The number of benzene rings is 6. The van der Waals surface area contributed by atoms with Crippen LogP contribution in [0.1, 0.15) is 39.7 Å². The molecule has 0 spiro atoms. The van der Waals surface area contributed by atoms with Crippen molar-refractivity contribution in [3.63, 3.8) is 0 Å². The zero-order valence-corrected chi connectivity index (χ0v) is 36.5. The molecule has 0 atom stereocenters. The Hall–Kier alpha value is -3.52. The molecule has 0 aliphatic rings. The fourth-order valence-electron chi connectivity index (χ4n) is 6.20. The predicted octanol–water partition coefficient (Wildman–Crippen LogP) is 13.3. The molecule has 56 heavy (non-hydrogen) atoms. The number of nitrogens with zero attached hydrogens (tertiary/aromatic N) is 2. The van der Waals surface area contributed by atoms with E-state index in [1.807, 2.05) is 84.9 Å². The van der Waals surface area contributed by atoms with Gasteiger partial charge in [0.1, 0.15) is 24.7 Å². The van der Waals surface area contributed by atoms with Crippen LogP contribution in [-0.4, -0.2) is 63.3 Å². The Balaban J connectivity index is 0.000000214. The molecule has 0 aliphatic heterocycles. The largest absolute Gasteiger partial charge is 0.492 e. The molecule has 0 saturated carbocycles. The van der Waals surface area contributed by atoms with Crippen molar-refractivity contribution in [3.8, 4) is 11.5 Å². The lowest BCUT2D eigenvalue weighted by Gasteiger charge is -2.25. The highest BCUT2D eigenvalue weighted by Gasteiger charge is 2.18. The zero-order valence-electron chi connectivity index (χ0n) is 31.9. The molecule has 0 fully saturated rings. The van der Waals surface area contributed by atoms with E-state index in [-0.39, 0.29) is 11.8 Å². The van der Waals surface area contributed by atoms with Crippen LogP contribution >= 0.6 is 62.3 Å². The summed E-state index contributed by atoms with van der Waals surface area (Å²) in [6, 6.07) is 48.3. The SMILES string of the molecule is CN(CCOc1ccc(Br)cc1)CC(c1ccc(Cl)cc1)c1ccc(Cl)cc1.Cc1ccc(OCCN(C)CC(c2ccc(Cl)cc2)c2ccc(Cl)cc2)cc1. The van der Waals surface area contributed by atoms with Crippen LogP contribution in [0.5, 0.6) is 11.5 Å². The summed E-state index contributed by atoms with van der Waals surface area (Å²) in [4.78, 5) is 4.58. The van der Waals surface area contributed by atoms with Gasteiger partial charge in [-0.05, 0) is 128 Å². The molecule has 0 unspecified atom stereocenters. The molecule has 0 saturated heterocycles. The summed E-state index contributed by atoms with van der Waals surface area (Å²) in [5.74, 6) is 2.25. The van der Waals surface area contributed by atoms with Crippen LogP contribution in [0.2, 0.25) is 20.1 Å². The van der Waals surface area contributed by atoms with Crippen LogP contribution in [0.25, 0.3) is 0 Å². The first-order valence-electron chi connectivity index (χ1n) is 18.5. The first-order chi connectivity index (χ1) is 27.0. The van der Waals surface area contributed by atoms with E-state index >= 15 is 0 Å². The van der Waals surface area contributed by atoms with Gasteiger partial charge in [0, 0.05) is 62.6 Å². The van der Waals surface area contributed by atoms with E-state index in [9.17, 15) is 0 Å². The minimum absolute atomic E-state index is 0.229. The maximum Gasteiger partial charge on any atom is 0.119 e. The summed E-state index contributed by atoms with van der Waals surface area (Å²) in [6.07, 6.45) is 0. The van der Waals surface area contributed by atoms with Gasteiger partial charge >= 0.3 is 0 Å². The fourth-order valence-corrected chi connectivity index (χ4v) is 6.97. The first-order valence-corrected chi connectivity index (χ1v) is 20.8. The second-order valence-electron chi connectivity index (χ2n) is 13.8.